The number of halogens is 2. The molecule has 2 rings (SSSR count). The van der Waals surface area contributed by atoms with E-state index in [1.165, 1.54) is 5.56 Å². The average molecular weight is 294 g/mol. The van der Waals surface area contributed by atoms with E-state index in [0.29, 0.717) is 0 Å². The van der Waals surface area contributed by atoms with Gasteiger partial charge in [0.2, 0.25) is 0 Å². The van der Waals surface area contributed by atoms with Crippen molar-refractivity contribution in [1.82, 2.24) is 5.32 Å². The molecule has 0 saturated carbocycles. The van der Waals surface area contributed by atoms with E-state index in [9.17, 15) is 0 Å². The van der Waals surface area contributed by atoms with Crippen LogP contribution in [0.15, 0.2) is 60.7 Å². The van der Waals surface area contributed by atoms with Crippen LogP contribution in [0.2, 0.25) is 5.02 Å². The van der Waals surface area contributed by atoms with Crippen LogP contribution < -0.4 is 5.32 Å². The van der Waals surface area contributed by atoms with Gasteiger partial charge in [0.15, 0.2) is 0 Å². The predicted molar refractivity (Wildman–Crippen MR) is 85.9 cm³/mol. The smallest absolute Gasteiger partial charge is 0.0450 e. The molecule has 0 aliphatic rings. The second kappa shape index (κ2) is 8.76. The molecule has 100 valence electrons. The van der Waals surface area contributed by atoms with Crippen molar-refractivity contribution in [3.05, 3.63) is 76.8 Å². The Labute approximate surface area is 125 Å². The molecule has 19 heavy (non-hydrogen) atoms. The first-order valence-electron chi connectivity index (χ1n) is 6.02. The van der Waals surface area contributed by atoms with Crippen LogP contribution in [0.25, 0.3) is 6.08 Å². The summed E-state index contributed by atoms with van der Waals surface area (Å²) >= 11 is 6.07. The summed E-state index contributed by atoms with van der Waals surface area (Å²) in [6.07, 6.45) is 4.23. The van der Waals surface area contributed by atoms with Crippen molar-refractivity contribution in [2.45, 2.75) is 6.54 Å². The predicted octanol–water partition coefficient (Wildman–Crippen LogP) is 4.56. The molecule has 0 aromatic heterocycles. The molecule has 2 aromatic rings. The van der Waals surface area contributed by atoms with Crippen molar-refractivity contribution in [1.29, 1.82) is 0 Å². The van der Waals surface area contributed by atoms with Gasteiger partial charge in [-0.05, 0) is 17.2 Å². The normalized spacial score (nSPS) is 10.4. The van der Waals surface area contributed by atoms with Crippen LogP contribution in [-0.2, 0) is 6.54 Å². The molecule has 0 saturated heterocycles. The number of nitrogens with one attached hydrogen (secondary N) is 1. The zero-order chi connectivity index (χ0) is 12.6. The Hall–Kier alpha value is -1.28. The summed E-state index contributed by atoms with van der Waals surface area (Å²) in [5.41, 5.74) is 2.35. The molecule has 0 spiro atoms. The van der Waals surface area contributed by atoms with Gasteiger partial charge in [0.1, 0.15) is 0 Å². The quantitative estimate of drug-likeness (QED) is 0.797. The summed E-state index contributed by atoms with van der Waals surface area (Å²) in [4.78, 5) is 0. The summed E-state index contributed by atoms with van der Waals surface area (Å²) in [7, 11) is 0. The number of hydrogen-bond acceptors (Lipinski definition) is 1. The van der Waals surface area contributed by atoms with Gasteiger partial charge < -0.3 is 5.32 Å². The van der Waals surface area contributed by atoms with Gasteiger partial charge in [-0.1, -0.05) is 72.3 Å². The Bertz CT molecular complexity index is 509. The van der Waals surface area contributed by atoms with Crippen LogP contribution in [0.5, 0.6) is 0 Å². The lowest BCUT2D eigenvalue weighted by Crippen LogP contribution is -2.12. The first-order chi connectivity index (χ1) is 8.86. The molecular formula is C16H17Cl2N. The van der Waals surface area contributed by atoms with Gasteiger partial charge in [-0.3, -0.25) is 0 Å². The zero-order valence-electron chi connectivity index (χ0n) is 10.6. The molecule has 1 nitrogen and oxygen atoms in total. The lowest BCUT2D eigenvalue weighted by atomic mass is 10.2. The van der Waals surface area contributed by atoms with Crippen LogP contribution in [0, 0.1) is 0 Å². The van der Waals surface area contributed by atoms with Crippen molar-refractivity contribution in [3.63, 3.8) is 0 Å². The molecule has 0 unspecified atom stereocenters. The highest BCUT2D eigenvalue weighted by atomic mass is 35.5. The van der Waals surface area contributed by atoms with E-state index in [1.54, 1.807) is 0 Å². The Morgan fingerprint density at radius 1 is 0.947 bits per heavy atom. The molecule has 1 N–H and O–H groups in total. The third-order valence-electron chi connectivity index (χ3n) is 2.65. The fourth-order valence-corrected chi connectivity index (χ4v) is 1.89. The molecule has 3 heteroatoms. The Kier molecular flexibility index (Phi) is 7.27. The molecule has 0 atom stereocenters. The average Bonchev–Trinajstić information content (AvgIpc) is 2.42. The minimum absolute atomic E-state index is 0. The van der Waals surface area contributed by atoms with Crippen LogP contribution in [0.3, 0.4) is 0 Å². The van der Waals surface area contributed by atoms with E-state index in [1.807, 2.05) is 42.5 Å². The number of hydrogen-bond donors (Lipinski definition) is 1. The molecule has 0 aliphatic carbocycles. The van der Waals surface area contributed by atoms with Gasteiger partial charge >= 0.3 is 0 Å². The second-order valence-electron chi connectivity index (χ2n) is 4.04. The maximum Gasteiger partial charge on any atom is 0.0450 e. The van der Waals surface area contributed by atoms with Gasteiger partial charge in [-0.2, -0.15) is 0 Å². The lowest BCUT2D eigenvalue weighted by Gasteiger charge is -2.03. The van der Waals surface area contributed by atoms with E-state index >= 15 is 0 Å². The van der Waals surface area contributed by atoms with Crippen LogP contribution in [-0.4, -0.2) is 6.54 Å². The number of rotatable bonds is 5. The molecule has 0 bridgehead atoms. The highest BCUT2D eigenvalue weighted by molar-refractivity contribution is 6.31. The van der Waals surface area contributed by atoms with Crippen molar-refractivity contribution < 1.29 is 0 Å². The summed E-state index contributed by atoms with van der Waals surface area (Å²) < 4.78 is 0. The van der Waals surface area contributed by atoms with Gasteiger partial charge in [-0.25, -0.2) is 0 Å². The molecule has 0 amide bonds. The maximum atomic E-state index is 6.07. The first kappa shape index (κ1) is 15.8. The molecule has 0 fully saturated rings. The summed E-state index contributed by atoms with van der Waals surface area (Å²) in [5.74, 6) is 0. The Morgan fingerprint density at radius 3 is 2.37 bits per heavy atom. The topological polar surface area (TPSA) is 12.0 Å². The number of benzene rings is 2. The Balaban J connectivity index is 0.00000180. The Morgan fingerprint density at radius 2 is 1.63 bits per heavy atom. The molecule has 0 radical (unpaired) electrons. The summed E-state index contributed by atoms with van der Waals surface area (Å²) in [6.45, 7) is 1.62. The molecule has 0 heterocycles. The lowest BCUT2D eigenvalue weighted by molar-refractivity contribution is 0.761. The van der Waals surface area contributed by atoms with E-state index in [2.05, 4.69) is 29.6 Å². The SMILES string of the molecule is Cl.Clc1ccccc1CNC/C=C/c1ccccc1. The largest absolute Gasteiger partial charge is 0.309 e. The van der Waals surface area contributed by atoms with Crippen LogP contribution in [0.4, 0.5) is 0 Å². The van der Waals surface area contributed by atoms with Gasteiger partial charge in [-0.15, -0.1) is 12.4 Å². The van der Waals surface area contributed by atoms with Crippen molar-refractivity contribution in [3.8, 4) is 0 Å². The standard InChI is InChI=1S/C16H16ClN.ClH/c17-16-11-5-4-10-15(16)13-18-12-6-9-14-7-2-1-3-8-14;/h1-11,18H,12-13H2;1H/b9-6+;. The monoisotopic (exact) mass is 293 g/mol. The minimum Gasteiger partial charge on any atom is -0.309 e. The molecule has 0 aliphatic heterocycles. The second-order valence-corrected chi connectivity index (χ2v) is 4.44. The highest BCUT2D eigenvalue weighted by Crippen LogP contribution is 2.14. The van der Waals surface area contributed by atoms with E-state index in [4.69, 9.17) is 11.6 Å². The van der Waals surface area contributed by atoms with E-state index < -0.39 is 0 Å². The van der Waals surface area contributed by atoms with Crippen LogP contribution >= 0.6 is 24.0 Å². The first-order valence-corrected chi connectivity index (χ1v) is 6.40. The third-order valence-corrected chi connectivity index (χ3v) is 3.01. The highest BCUT2D eigenvalue weighted by Gasteiger charge is 1.96. The molecule has 2 aromatic carbocycles. The summed E-state index contributed by atoms with van der Waals surface area (Å²) in [5, 5.41) is 4.16. The summed E-state index contributed by atoms with van der Waals surface area (Å²) in [6, 6.07) is 18.2. The third kappa shape index (κ3) is 5.48. The van der Waals surface area contributed by atoms with E-state index in [0.717, 1.165) is 23.7 Å². The maximum absolute atomic E-state index is 6.07. The zero-order valence-corrected chi connectivity index (χ0v) is 12.1. The minimum atomic E-state index is 0. The van der Waals surface area contributed by atoms with Crippen LogP contribution in [0.1, 0.15) is 11.1 Å². The van der Waals surface area contributed by atoms with E-state index in [-0.39, 0.29) is 12.4 Å². The van der Waals surface area contributed by atoms with Gasteiger partial charge in [0.25, 0.3) is 0 Å². The van der Waals surface area contributed by atoms with Crippen molar-refractivity contribution in [2.24, 2.45) is 0 Å². The fourth-order valence-electron chi connectivity index (χ4n) is 1.69. The van der Waals surface area contributed by atoms with Crippen molar-refractivity contribution >= 4 is 30.1 Å². The fraction of sp³-hybridized carbons (Fsp3) is 0.125. The molecular weight excluding hydrogens is 277 g/mol. The van der Waals surface area contributed by atoms with Gasteiger partial charge in [0, 0.05) is 18.1 Å². The van der Waals surface area contributed by atoms with Crippen molar-refractivity contribution in [2.75, 3.05) is 6.54 Å². The van der Waals surface area contributed by atoms with Gasteiger partial charge in [0.05, 0.1) is 0 Å².